The van der Waals surface area contributed by atoms with Crippen LogP contribution in [0.25, 0.3) is 0 Å². The minimum absolute atomic E-state index is 0.00997. The average molecular weight is 419 g/mol. The summed E-state index contributed by atoms with van der Waals surface area (Å²) in [5.74, 6) is -5.36. The van der Waals surface area contributed by atoms with Crippen LogP contribution in [0.4, 0.5) is 0 Å². The summed E-state index contributed by atoms with van der Waals surface area (Å²) in [6.07, 6.45) is 2.68. The second kappa shape index (κ2) is 12.3. The van der Waals surface area contributed by atoms with Gasteiger partial charge in [0.1, 0.15) is 0 Å². The Morgan fingerprint density at radius 1 is 1.04 bits per heavy atom. The zero-order valence-electron chi connectivity index (χ0n) is 14.9. The molecule has 0 bridgehead atoms. The number of sulfonamides is 1. The molecule has 1 aromatic heterocycles. The minimum atomic E-state index is -3.44. The monoisotopic (exact) mass is 419 g/mol. The molecule has 13 heteroatoms. The second-order valence-corrected chi connectivity index (χ2v) is 7.24. The summed E-state index contributed by atoms with van der Waals surface area (Å²) in [4.78, 5) is 46.1. The van der Waals surface area contributed by atoms with Crippen LogP contribution in [-0.2, 0) is 35.7 Å². The Hall–Kier alpha value is -3.06. The summed E-state index contributed by atoms with van der Waals surface area (Å²) in [5, 5.41) is 23.4. The second-order valence-electron chi connectivity index (χ2n) is 5.20. The number of nitrogens with zero attached hydrogens (tertiary/aromatic N) is 2. The quantitative estimate of drug-likeness (QED) is 0.360. The molecule has 1 heterocycles. The number of nitrogens with one attached hydrogen (secondary N) is 1. The molecule has 0 saturated carbocycles. The van der Waals surface area contributed by atoms with Crippen LogP contribution in [-0.4, -0.2) is 76.8 Å². The van der Waals surface area contributed by atoms with Gasteiger partial charge in [-0.1, -0.05) is 0 Å². The molecule has 4 N–H and O–H groups in total. The number of carboxylic acid groups (broad SMARTS) is 3. The Morgan fingerprint density at radius 3 is 2.00 bits per heavy atom. The Bertz CT molecular complexity index is 769. The molecule has 12 nitrogen and oxygen atoms in total. The highest BCUT2D eigenvalue weighted by Gasteiger charge is 2.18. The molecule has 0 radical (unpaired) electrons. The lowest BCUT2D eigenvalue weighted by molar-refractivity contribution is -0.159. The first-order chi connectivity index (χ1) is 13.0. The summed E-state index contributed by atoms with van der Waals surface area (Å²) >= 11 is 0. The fourth-order valence-corrected chi connectivity index (χ4v) is 2.37. The molecule has 156 valence electrons. The smallest absolute Gasteiger partial charge is 0.414 e. The van der Waals surface area contributed by atoms with Gasteiger partial charge in [0.2, 0.25) is 15.9 Å². The summed E-state index contributed by atoms with van der Waals surface area (Å²) in [5.41, 5.74) is 0.792. The Kier molecular flexibility index (Phi) is 11.0. The van der Waals surface area contributed by atoms with E-state index in [9.17, 15) is 18.0 Å². The van der Waals surface area contributed by atoms with Crippen molar-refractivity contribution in [1.82, 2.24) is 14.6 Å². The molecule has 1 rings (SSSR count). The van der Waals surface area contributed by atoms with Crippen molar-refractivity contribution in [3.05, 3.63) is 30.1 Å². The number of rotatable bonds is 9. The third kappa shape index (κ3) is 11.5. The topological polar surface area (TPSA) is 191 Å². The number of carbonyl (C=O) groups excluding carboxylic acids is 1. The van der Waals surface area contributed by atoms with Crippen molar-refractivity contribution in [2.45, 2.75) is 19.4 Å². The summed E-state index contributed by atoms with van der Waals surface area (Å²) in [7, 11) is -2.14. The molecular formula is C15H21N3O9S. The van der Waals surface area contributed by atoms with E-state index < -0.39 is 33.8 Å². The lowest BCUT2D eigenvalue weighted by Gasteiger charge is -2.22. The van der Waals surface area contributed by atoms with Crippen molar-refractivity contribution in [2.24, 2.45) is 0 Å². The van der Waals surface area contributed by atoms with E-state index in [1.807, 2.05) is 0 Å². The Labute approximate surface area is 160 Å². The van der Waals surface area contributed by atoms with E-state index in [1.165, 1.54) is 11.9 Å². The van der Waals surface area contributed by atoms with E-state index in [-0.39, 0.29) is 31.7 Å². The third-order valence-corrected chi connectivity index (χ3v) is 4.49. The van der Waals surface area contributed by atoms with Crippen molar-refractivity contribution < 1.29 is 42.9 Å². The number of carbonyl (C=O) groups is 4. The number of aromatic nitrogens is 1. The number of amides is 1. The Morgan fingerprint density at radius 2 is 1.57 bits per heavy atom. The van der Waals surface area contributed by atoms with Gasteiger partial charge in [0, 0.05) is 31.9 Å². The highest BCUT2D eigenvalue weighted by atomic mass is 32.2. The van der Waals surface area contributed by atoms with Crippen LogP contribution >= 0.6 is 0 Å². The van der Waals surface area contributed by atoms with Crippen molar-refractivity contribution in [3.8, 4) is 0 Å². The predicted molar refractivity (Wildman–Crippen MR) is 94.6 cm³/mol. The molecule has 1 amide bonds. The maximum absolute atomic E-state index is 12.1. The fraction of sp³-hybridized carbons (Fsp3) is 0.400. The molecule has 1 aromatic rings. The largest absolute Gasteiger partial charge is 0.481 e. The van der Waals surface area contributed by atoms with E-state index in [0.29, 0.717) is 0 Å². The molecule has 28 heavy (non-hydrogen) atoms. The number of hydrogen-bond acceptors (Lipinski definition) is 7. The molecule has 0 aromatic carbocycles. The molecule has 0 saturated heterocycles. The van der Waals surface area contributed by atoms with Crippen molar-refractivity contribution >= 4 is 33.8 Å². The first kappa shape index (κ1) is 24.9. The maximum Gasteiger partial charge on any atom is 0.414 e. The van der Waals surface area contributed by atoms with E-state index >= 15 is 0 Å². The summed E-state index contributed by atoms with van der Waals surface area (Å²) in [6.45, 7) is 0.199. The molecule has 0 spiro atoms. The van der Waals surface area contributed by atoms with Crippen LogP contribution in [0.2, 0.25) is 0 Å². The van der Waals surface area contributed by atoms with Gasteiger partial charge in [-0.3, -0.25) is 14.6 Å². The van der Waals surface area contributed by atoms with Crippen LogP contribution in [0.3, 0.4) is 0 Å². The van der Waals surface area contributed by atoms with Gasteiger partial charge in [0.25, 0.3) is 0 Å². The van der Waals surface area contributed by atoms with Gasteiger partial charge < -0.3 is 20.2 Å². The summed E-state index contributed by atoms with van der Waals surface area (Å²) < 4.78 is 25.2. The number of carboxylic acids is 3. The molecule has 0 aliphatic heterocycles. The average Bonchev–Trinajstić information content (AvgIpc) is 2.64. The third-order valence-electron chi connectivity index (χ3n) is 3.15. The molecule has 0 aliphatic rings. The predicted octanol–water partition coefficient (Wildman–Crippen LogP) is -1.02. The molecule has 0 unspecified atom stereocenters. The van der Waals surface area contributed by atoms with Crippen molar-refractivity contribution in [1.29, 1.82) is 0 Å². The van der Waals surface area contributed by atoms with E-state index in [2.05, 4.69) is 9.71 Å². The highest BCUT2D eigenvalue weighted by Crippen LogP contribution is 2.07. The molecule has 0 aliphatic carbocycles. The molecular weight excluding hydrogens is 398 g/mol. The zero-order valence-corrected chi connectivity index (χ0v) is 15.8. The number of hydrogen-bond donors (Lipinski definition) is 4. The number of aliphatic carboxylic acids is 3. The Balaban J connectivity index is 0.00000105. The van der Waals surface area contributed by atoms with Gasteiger partial charge in [-0.2, -0.15) is 0 Å². The van der Waals surface area contributed by atoms with E-state index in [4.69, 9.17) is 24.9 Å². The fourth-order valence-electron chi connectivity index (χ4n) is 1.70. The summed E-state index contributed by atoms with van der Waals surface area (Å²) in [6, 6.07) is 3.42. The van der Waals surface area contributed by atoms with Crippen LogP contribution in [0.15, 0.2) is 24.5 Å². The SMILES string of the molecule is CNS(=O)(=O)CCN(Cc1ccncc1)C(=O)CCC(=O)O.O=C(O)C(=O)O. The van der Waals surface area contributed by atoms with Crippen LogP contribution in [0.1, 0.15) is 18.4 Å². The molecule has 0 atom stereocenters. The normalized spacial score (nSPS) is 10.3. The van der Waals surface area contributed by atoms with Crippen LogP contribution in [0.5, 0.6) is 0 Å². The van der Waals surface area contributed by atoms with Gasteiger partial charge in [0.15, 0.2) is 0 Å². The highest BCUT2D eigenvalue weighted by molar-refractivity contribution is 7.89. The van der Waals surface area contributed by atoms with Crippen molar-refractivity contribution in [3.63, 3.8) is 0 Å². The van der Waals surface area contributed by atoms with Gasteiger partial charge in [0.05, 0.1) is 12.2 Å². The lowest BCUT2D eigenvalue weighted by Crippen LogP contribution is -2.37. The molecule has 0 fully saturated rings. The van der Waals surface area contributed by atoms with E-state index in [0.717, 1.165) is 5.56 Å². The van der Waals surface area contributed by atoms with Gasteiger partial charge in [-0.15, -0.1) is 0 Å². The number of pyridine rings is 1. The zero-order chi connectivity index (χ0) is 21.7. The van der Waals surface area contributed by atoms with Crippen LogP contribution in [0, 0.1) is 0 Å². The van der Waals surface area contributed by atoms with E-state index in [1.54, 1.807) is 24.5 Å². The van der Waals surface area contributed by atoms with Gasteiger partial charge in [-0.25, -0.2) is 22.7 Å². The maximum atomic E-state index is 12.1. The van der Waals surface area contributed by atoms with Crippen LogP contribution < -0.4 is 4.72 Å². The first-order valence-corrected chi connectivity index (χ1v) is 9.39. The first-order valence-electron chi connectivity index (χ1n) is 7.74. The minimum Gasteiger partial charge on any atom is -0.481 e. The van der Waals surface area contributed by atoms with Gasteiger partial charge >= 0.3 is 17.9 Å². The van der Waals surface area contributed by atoms with Gasteiger partial charge in [-0.05, 0) is 24.7 Å². The lowest BCUT2D eigenvalue weighted by atomic mass is 10.2. The van der Waals surface area contributed by atoms with Crippen molar-refractivity contribution in [2.75, 3.05) is 19.3 Å². The standard InChI is InChI=1S/C13H19N3O5S.C2H2O4/c1-14-22(20,21)9-8-16(12(17)2-3-13(18)19)10-11-4-6-15-7-5-11;3-1(4)2(5)6/h4-7,14H,2-3,8-10H2,1H3,(H,18,19);(H,3,4)(H,5,6).